The SMILES string of the molecule is CN1CCN(c2cc(Cl)nc(C(C)(C)C)n2)CC1=O. The summed E-state index contributed by atoms with van der Waals surface area (Å²) in [7, 11) is 1.81. The maximum absolute atomic E-state index is 11.8. The molecule has 0 radical (unpaired) electrons. The monoisotopic (exact) mass is 282 g/mol. The molecule has 1 fully saturated rings. The highest BCUT2D eigenvalue weighted by Gasteiger charge is 2.25. The Kier molecular flexibility index (Phi) is 3.67. The zero-order valence-electron chi connectivity index (χ0n) is 11.8. The quantitative estimate of drug-likeness (QED) is 0.736. The van der Waals surface area contributed by atoms with Crippen LogP contribution in [-0.2, 0) is 10.2 Å². The third-order valence-electron chi connectivity index (χ3n) is 3.13. The standard InChI is InChI=1S/C13H19ClN4O/c1-13(2,3)12-15-9(14)7-10(16-12)18-6-5-17(4)11(19)8-18/h7H,5-6,8H2,1-4H3. The molecule has 104 valence electrons. The molecule has 6 heteroatoms. The van der Waals surface area contributed by atoms with Crippen LogP contribution in [0.1, 0.15) is 26.6 Å². The molecule has 0 unspecified atom stereocenters. The Hall–Kier alpha value is -1.36. The van der Waals surface area contributed by atoms with Crippen LogP contribution >= 0.6 is 11.6 Å². The Balaban J connectivity index is 2.30. The molecule has 1 aromatic heterocycles. The van der Waals surface area contributed by atoms with Crippen LogP contribution in [0, 0.1) is 0 Å². The topological polar surface area (TPSA) is 49.3 Å². The Morgan fingerprint density at radius 1 is 1.26 bits per heavy atom. The summed E-state index contributed by atoms with van der Waals surface area (Å²) >= 11 is 6.07. The van der Waals surface area contributed by atoms with Crippen LogP contribution in [0.4, 0.5) is 5.82 Å². The summed E-state index contributed by atoms with van der Waals surface area (Å²) in [6.45, 7) is 7.92. The lowest BCUT2D eigenvalue weighted by atomic mass is 9.96. The van der Waals surface area contributed by atoms with Crippen molar-refractivity contribution in [3.8, 4) is 0 Å². The second-order valence-electron chi connectivity index (χ2n) is 5.86. The molecule has 5 nitrogen and oxygen atoms in total. The number of rotatable bonds is 1. The van der Waals surface area contributed by atoms with E-state index in [-0.39, 0.29) is 11.3 Å². The van der Waals surface area contributed by atoms with Crippen molar-refractivity contribution in [3.05, 3.63) is 17.0 Å². The van der Waals surface area contributed by atoms with Crippen molar-refractivity contribution in [3.63, 3.8) is 0 Å². The Morgan fingerprint density at radius 3 is 2.53 bits per heavy atom. The molecule has 2 rings (SSSR count). The first kappa shape index (κ1) is 14.1. The van der Waals surface area contributed by atoms with Crippen LogP contribution in [0.3, 0.4) is 0 Å². The fourth-order valence-electron chi connectivity index (χ4n) is 1.86. The van der Waals surface area contributed by atoms with Gasteiger partial charge >= 0.3 is 0 Å². The first-order valence-corrected chi connectivity index (χ1v) is 6.69. The zero-order chi connectivity index (χ0) is 14.2. The molecule has 0 atom stereocenters. The molecule has 1 aromatic rings. The minimum absolute atomic E-state index is 0.0956. The van der Waals surface area contributed by atoms with E-state index in [9.17, 15) is 4.79 Å². The number of nitrogens with zero attached hydrogens (tertiary/aromatic N) is 4. The number of hydrogen-bond donors (Lipinski definition) is 0. The maximum atomic E-state index is 11.8. The van der Waals surface area contributed by atoms with Crippen molar-refractivity contribution in [2.75, 3.05) is 31.6 Å². The Bertz CT molecular complexity index is 498. The maximum Gasteiger partial charge on any atom is 0.241 e. The molecule has 0 aliphatic carbocycles. The third kappa shape index (κ3) is 3.15. The predicted molar refractivity (Wildman–Crippen MR) is 75.6 cm³/mol. The number of halogens is 1. The van der Waals surface area contributed by atoms with Crippen molar-refractivity contribution in [1.29, 1.82) is 0 Å². The van der Waals surface area contributed by atoms with Gasteiger partial charge in [-0.05, 0) is 0 Å². The molecule has 19 heavy (non-hydrogen) atoms. The molecule has 2 heterocycles. The van der Waals surface area contributed by atoms with E-state index in [0.717, 1.165) is 12.4 Å². The largest absolute Gasteiger partial charge is 0.345 e. The first-order chi connectivity index (χ1) is 8.77. The lowest BCUT2D eigenvalue weighted by molar-refractivity contribution is -0.129. The average Bonchev–Trinajstić information content (AvgIpc) is 2.31. The van der Waals surface area contributed by atoms with Gasteiger partial charge in [0.2, 0.25) is 5.91 Å². The zero-order valence-corrected chi connectivity index (χ0v) is 12.5. The van der Waals surface area contributed by atoms with Gasteiger partial charge in [-0.25, -0.2) is 9.97 Å². The molecule has 0 aromatic carbocycles. The van der Waals surface area contributed by atoms with E-state index in [2.05, 4.69) is 9.97 Å². The Morgan fingerprint density at radius 2 is 1.95 bits per heavy atom. The smallest absolute Gasteiger partial charge is 0.241 e. The van der Waals surface area contributed by atoms with E-state index in [0.29, 0.717) is 24.1 Å². The van der Waals surface area contributed by atoms with Gasteiger partial charge < -0.3 is 9.80 Å². The average molecular weight is 283 g/mol. The van der Waals surface area contributed by atoms with E-state index >= 15 is 0 Å². The number of likely N-dealkylation sites (N-methyl/N-ethyl adjacent to an activating group) is 1. The summed E-state index contributed by atoms with van der Waals surface area (Å²) in [5.74, 6) is 1.52. The van der Waals surface area contributed by atoms with Gasteiger partial charge in [0, 0.05) is 31.6 Å². The molecular weight excluding hydrogens is 264 g/mol. The number of anilines is 1. The lowest BCUT2D eigenvalue weighted by Gasteiger charge is -2.33. The van der Waals surface area contributed by atoms with E-state index < -0.39 is 0 Å². The van der Waals surface area contributed by atoms with Gasteiger partial charge in [0.1, 0.15) is 16.8 Å². The summed E-state index contributed by atoms with van der Waals surface area (Å²) in [6, 6.07) is 1.72. The third-order valence-corrected chi connectivity index (χ3v) is 3.33. The van der Waals surface area contributed by atoms with Crippen LogP contribution in [0.25, 0.3) is 0 Å². The number of piperazine rings is 1. The molecule has 0 bridgehead atoms. The van der Waals surface area contributed by atoms with E-state index in [1.54, 1.807) is 11.0 Å². The summed E-state index contributed by atoms with van der Waals surface area (Å²) in [6.07, 6.45) is 0. The second-order valence-corrected chi connectivity index (χ2v) is 6.25. The van der Waals surface area contributed by atoms with Crippen LogP contribution in [0.2, 0.25) is 5.15 Å². The van der Waals surface area contributed by atoms with Gasteiger partial charge in [-0.3, -0.25) is 4.79 Å². The normalized spacial score (nSPS) is 17.0. The minimum atomic E-state index is -0.170. The first-order valence-electron chi connectivity index (χ1n) is 6.31. The molecule has 1 amide bonds. The molecule has 1 aliphatic heterocycles. The van der Waals surface area contributed by atoms with Crippen molar-refractivity contribution >= 4 is 23.3 Å². The van der Waals surface area contributed by atoms with Gasteiger partial charge in [0.15, 0.2) is 0 Å². The van der Waals surface area contributed by atoms with Crippen LogP contribution < -0.4 is 4.90 Å². The van der Waals surface area contributed by atoms with Crippen molar-refractivity contribution in [2.24, 2.45) is 0 Å². The summed E-state index contributed by atoms with van der Waals surface area (Å²) in [5, 5.41) is 0.418. The van der Waals surface area contributed by atoms with Crippen molar-refractivity contribution < 1.29 is 4.79 Å². The molecule has 1 saturated heterocycles. The summed E-state index contributed by atoms with van der Waals surface area (Å²) in [4.78, 5) is 24.2. The fourth-order valence-corrected chi connectivity index (χ4v) is 2.03. The predicted octanol–water partition coefficient (Wildman–Crippen LogP) is 1.71. The van der Waals surface area contributed by atoms with Crippen molar-refractivity contribution in [1.82, 2.24) is 14.9 Å². The van der Waals surface area contributed by atoms with Crippen LogP contribution in [0.5, 0.6) is 0 Å². The highest BCUT2D eigenvalue weighted by molar-refractivity contribution is 6.29. The number of aromatic nitrogens is 2. The highest BCUT2D eigenvalue weighted by atomic mass is 35.5. The second kappa shape index (κ2) is 4.96. The molecule has 1 aliphatic rings. The van der Waals surface area contributed by atoms with Gasteiger partial charge in [-0.1, -0.05) is 32.4 Å². The number of carbonyl (C=O) groups is 1. The number of hydrogen-bond acceptors (Lipinski definition) is 4. The molecule has 0 saturated carbocycles. The van der Waals surface area contributed by atoms with E-state index in [4.69, 9.17) is 11.6 Å². The summed E-state index contributed by atoms with van der Waals surface area (Å²) in [5.41, 5.74) is -0.170. The Labute approximate surface area is 118 Å². The van der Waals surface area contributed by atoms with E-state index in [1.165, 1.54) is 0 Å². The highest BCUT2D eigenvalue weighted by Crippen LogP contribution is 2.24. The number of carbonyl (C=O) groups excluding carboxylic acids is 1. The van der Waals surface area contributed by atoms with Gasteiger partial charge in [0.25, 0.3) is 0 Å². The number of amides is 1. The van der Waals surface area contributed by atoms with E-state index in [1.807, 2.05) is 32.7 Å². The van der Waals surface area contributed by atoms with Crippen LogP contribution in [0.15, 0.2) is 6.07 Å². The summed E-state index contributed by atoms with van der Waals surface area (Å²) < 4.78 is 0. The van der Waals surface area contributed by atoms with Gasteiger partial charge in [-0.2, -0.15) is 0 Å². The van der Waals surface area contributed by atoms with Gasteiger partial charge in [-0.15, -0.1) is 0 Å². The van der Waals surface area contributed by atoms with Crippen LogP contribution in [-0.4, -0.2) is 47.5 Å². The molecule has 0 spiro atoms. The lowest BCUT2D eigenvalue weighted by Crippen LogP contribution is -2.49. The molecule has 0 N–H and O–H groups in total. The fraction of sp³-hybridized carbons (Fsp3) is 0.615. The minimum Gasteiger partial charge on any atom is -0.345 e. The van der Waals surface area contributed by atoms with Gasteiger partial charge in [0.05, 0.1) is 6.54 Å². The van der Waals surface area contributed by atoms with Crippen molar-refractivity contribution in [2.45, 2.75) is 26.2 Å². The molecular formula is C13H19ClN4O.